The van der Waals surface area contributed by atoms with E-state index in [9.17, 15) is 10.1 Å². The molecule has 1 saturated heterocycles. The number of rotatable bonds is 5. The van der Waals surface area contributed by atoms with Crippen molar-refractivity contribution in [1.82, 2.24) is 4.90 Å². The van der Waals surface area contributed by atoms with Crippen LogP contribution in [0, 0.1) is 11.3 Å². The normalized spacial score (nSPS) is 19.3. The number of aryl methyl sites for hydroxylation is 1. The van der Waals surface area contributed by atoms with E-state index < -0.39 is 0 Å². The highest BCUT2D eigenvalue weighted by atomic mass is 16.5. The number of piperidine rings is 1. The Kier molecular flexibility index (Phi) is 8.03. The van der Waals surface area contributed by atoms with Crippen LogP contribution in [0.4, 0.5) is 0 Å². The van der Waals surface area contributed by atoms with E-state index in [1.807, 2.05) is 30.3 Å². The molecule has 4 heteroatoms. The molecule has 0 radical (unpaired) electrons. The Bertz CT molecular complexity index is 754. The lowest BCUT2D eigenvalue weighted by Crippen LogP contribution is -2.48. The zero-order chi connectivity index (χ0) is 19.5. The van der Waals surface area contributed by atoms with Crippen molar-refractivity contribution in [2.75, 3.05) is 20.7 Å². The van der Waals surface area contributed by atoms with Crippen LogP contribution in [0.15, 0.2) is 54.6 Å². The van der Waals surface area contributed by atoms with Crippen molar-refractivity contribution >= 4 is 6.29 Å². The Balaban J connectivity index is 0.000000273. The molecule has 1 aliphatic heterocycles. The monoisotopic (exact) mass is 364 g/mol. The Morgan fingerprint density at radius 3 is 2.56 bits per heavy atom. The number of likely N-dealkylation sites (tertiary alicyclic amines) is 1. The van der Waals surface area contributed by atoms with Crippen molar-refractivity contribution in [2.24, 2.45) is 0 Å². The standard InChI is InChI=1S/C16H22N2O.C7H6O/c1-18-11-4-3-9-16(18,13-17)10-8-14-6-5-7-15(12-14)19-2;8-6-7-4-2-1-3-5-7/h5-7,12H,3-4,8-11H2,1-2H3;1-6H. The fourth-order valence-electron chi connectivity index (χ4n) is 3.40. The third-order valence-corrected chi connectivity index (χ3v) is 5.17. The Morgan fingerprint density at radius 1 is 1.19 bits per heavy atom. The molecule has 0 N–H and O–H groups in total. The summed E-state index contributed by atoms with van der Waals surface area (Å²) in [5.41, 5.74) is 1.70. The highest BCUT2D eigenvalue weighted by Crippen LogP contribution is 2.31. The van der Waals surface area contributed by atoms with Crippen LogP contribution in [0.5, 0.6) is 5.75 Å². The van der Waals surface area contributed by atoms with Gasteiger partial charge in [-0.15, -0.1) is 0 Å². The molecule has 2 aromatic carbocycles. The van der Waals surface area contributed by atoms with E-state index in [1.54, 1.807) is 19.2 Å². The van der Waals surface area contributed by atoms with Crippen molar-refractivity contribution in [2.45, 2.75) is 37.6 Å². The summed E-state index contributed by atoms with van der Waals surface area (Å²) in [6.07, 6.45) is 6.02. The van der Waals surface area contributed by atoms with Crippen molar-refractivity contribution in [3.05, 3.63) is 65.7 Å². The SMILES string of the molecule is COc1cccc(CCC2(C#N)CCCCN2C)c1.O=Cc1ccccc1. The lowest BCUT2D eigenvalue weighted by molar-refractivity contribution is 0.112. The van der Waals surface area contributed by atoms with E-state index in [0.717, 1.165) is 49.8 Å². The van der Waals surface area contributed by atoms with Crippen LogP contribution >= 0.6 is 0 Å². The number of aldehydes is 1. The van der Waals surface area contributed by atoms with Gasteiger partial charge >= 0.3 is 0 Å². The molecule has 1 atom stereocenters. The molecule has 2 aromatic rings. The molecular formula is C23H28N2O2. The van der Waals surface area contributed by atoms with E-state index >= 15 is 0 Å². The van der Waals surface area contributed by atoms with Crippen LogP contribution in [0.1, 0.15) is 41.6 Å². The number of nitriles is 1. The van der Waals surface area contributed by atoms with E-state index in [0.29, 0.717) is 0 Å². The van der Waals surface area contributed by atoms with Gasteiger partial charge in [0.2, 0.25) is 0 Å². The highest BCUT2D eigenvalue weighted by molar-refractivity contribution is 5.74. The summed E-state index contributed by atoms with van der Waals surface area (Å²) in [5.74, 6) is 0.889. The zero-order valence-corrected chi connectivity index (χ0v) is 16.2. The molecule has 3 rings (SSSR count). The summed E-state index contributed by atoms with van der Waals surface area (Å²) in [4.78, 5) is 12.2. The Morgan fingerprint density at radius 2 is 1.96 bits per heavy atom. The quantitative estimate of drug-likeness (QED) is 0.733. The average molecular weight is 364 g/mol. The van der Waals surface area contributed by atoms with Crippen molar-refractivity contribution in [1.29, 1.82) is 5.26 Å². The van der Waals surface area contributed by atoms with Gasteiger partial charge in [-0.05, 0) is 63.4 Å². The molecule has 0 saturated carbocycles. The Labute approximate surface area is 162 Å². The van der Waals surface area contributed by atoms with E-state index in [-0.39, 0.29) is 5.54 Å². The van der Waals surface area contributed by atoms with Gasteiger partial charge in [0.25, 0.3) is 0 Å². The second-order valence-electron chi connectivity index (χ2n) is 6.90. The molecule has 1 fully saturated rings. The van der Waals surface area contributed by atoms with Crippen molar-refractivity contribution < 1.29 is 9.53 Å². The van der Waals surface area contributed by atoms with Gasteiger partial charge in [-0.25, -0.2) is 0 Å². The number of carbonyl (C=O) groups excluding carboxylic acids is 1. The van der Waals surface area contributed by atoms with Crippen LogP contribution in [-0.4, -0.2) is 37.4 Å². The smallest absolute Gasteiger partial charge is 0.150 e. The van der Waals surface area contributed by atoms with Crippen LogP contribution in [0.3, 0.4) is 0 Å². The minimum absolute atomic E-state index is 0.276. The largest absolute Gasteiger partial charge is 0.497 e. The molecule has 1 aliphatic rings. The molecule has 142 valence electrons. The third-order valence-electron chi connectivity index (χ3n) is 5.17. The highest BCUT2D eigenvalue weighted by Gasteiger charge is 2.36. The van der Waals surface area contributed by atoms with Gasteiger partial charge in [0.15, 0.2) is 0 Å². The second kappa shape index (κ2) is 10.5. The summed E-state index contributed by atoms with van der Waals surface area (Å²) in [6, 6.07) is 19.8. The first-order chi connectivity index (χ1) is 13.1. The van der Waals surface area contributed by atoms with Crippen LogP contribution in [0.2, 0.25) is 0 Å². The lowest BCUT2D eigenvalue weighted by Gasteiger charge is -2.40. The number of ether oxygens (including phenoxy) is 1. The molecular weight excluding hydrogens is 336 g/mol. The van der Waals surface area contributed by atoms with E-state index in [2.05, 4.69) is 30.1 Å². The van der Waals surface area contributed by atoms with Gasteiger partial charge in [0.05, 0.1) is 13.2 Å². The van der Waals surface area contributed by atoms with Crippen molar-refractivity contribution in [3.63, 3.8) is 0 Å². The fourth-order valence-corrected chi connectivity index (χ4v) is 3.40. The van der Waals surface area contributed by atoms with E-state index in [1.165, 1.54) is 12.0 Å². The van der Waals surface area contributed by atoms with Crippen molar-refractivity contribution in [3.8, 4) is 11.8 Å². The van der Waals surface area contributed by atoms with Gasteiger partial charge in [-0.1, -0.05) is 42.5 Å². The molecule has 27 heavy (non-hydrogen) atoms. The number of methoxy groups -OCH3 is 1. The maximum absolute atomic E-state index is 10.0. The molecule has 1 unspecified atom stereocenters. The number of hydrogen-bond donors (Lipinski definition) is 0. The predicted octanol–water partition coefficient (Wildman–Crippen LogP) is 4.50. The minimum atomic E-state index is -0.276. The minimum Gasteiger partial charge on any atom is -0.497 e. The average Bonchev–Trinajstić information content (AvgIpc) is 2.74. The molecule has 4 nitrogen and oxygen atoms in total. The summed E-state index contributed by atoms with van der Waals surface area (Å²) in [5, 5.41) is 9.57. The number of hydrogen-bond acceptors (Lipinski definition) is 4. The molecule has 0 spiro atoms. The van der Waals surface area contributed by atoms with Gasteiger partial charge < -0.3 is 4.74 Å². The van der Waals surface area contributed by atoms with Gasteiger partial charge in [-0.3, -0.25) is 9.69 Å². The number of carbonyl (C=O) groups is 1. The summed E-state index contributed by atoms with van der Waals surface area (Å²) >= 11 is 0. The maximum atomic E-state index is 10.0. The number of benzene rings is 2. The predicted molar refractivity (Wildman–Crippen MR) is 108 cm³/mol. The topological polar surface area (TPSA) is 53.3 Å². The van der Waals surface area contributed by atoms with E-state index in [4.69, 9.17) is 4.74 Å². The van der Waals surface area contributed by atoms with Gasteiger partial charge in [0.1, 0.15) is 17.6 Å². The maximum Gasteiger partial charge on any atom is 0.150 e. The molecule has 0 bridgehead atoms. The zero-order valence-electron chi connectivity index (χ0n) is 16.2. The molecule has 1 heterocycles. The van der Waals surface area contributed by atoms with Crippen LogP contribution in [0.25, 0.3) is 0 Å². The van der Waals surface area contributed by atoms with Crippen LogP contribution in [-0.2, 0) is 6.42 Å². The Hall–Kier alpha value is -2.64. The first-order valence-corrected chi connectivity index (χ1v) is 9.39. The molecule has 0 aliphatic carbocycles. The lowest BCUT2D eigenvalue weighted by atomic mass is 9.83. The van der Waals surface area contributed by atoms with Crippen LogP contribution < -0.4 is 4.74 Å². The third kappa shape index (κ3) is 5.94. The molecule has 0 amide bonds. The summed E-state index contributed by atoms with van der Waals surface area (Å²) < 4.78 is 5.24. The summed E-state index contributed by atoms with van der Waals surface area (Å²) in [7, 11) is 3.76. The first-order valence-electron chi connectivity index (χ1n) is 9.39. The molecule has 0 aromatic heterocycles. The van der Waals surface area contributed by atoms with Gasteiger partial charge in [-0.2, -0.15) is 5.26 Å². The fraction of sp³-hybridized carbons (Fsp3) is 0.391. The number of nitrogens with zero attached hydrogens (tertiary/aromatic N) is 2. The second-order valence-corrected chi connectivity index (χ2v) is 6.90. The first kappa shape index (κ1) is 20.7. The van der Waals surface area contributed by atoms with Gasteiger partial charge in [0, 0.05) is 5.56 Å². The summed E-state index contributed by atoms with van der Waals surface area (Å²) in [6.45, 7) is 1.03.